The van der Waals surface area contributed by atoms with Crippen molar-refractivity contribution in [3.8, 4) is 5.75 Å². The van der Waals surface area contributed by atoms with E-state index in [0.29, 0.717) is 50.1 Å². The molecule has 4 aliphatic heterocycles. The van der Waals surface area contributed by atoms with Gasteiger partial charge < -0.3 is 24.0 Å². The highest BCUT2D eigenvalue weighted by molar-refractivity contribution is 7.92. The van der Waals surface area contributed by atoms with Gasteiger partial charge in [0.1, 0.15) is 21.3 Å². The van der Waals surface area contributed by atoms with Crippen LogP contribution < -0.4 is 14.4 Å². The van der Waals surface area contributed by atoms with Gasteiger partial charge in [0.2, 0.25) is 0 Å². The van der Waals surface area contributed by atoms with E-state index in [0.717, 1.165) is 63.1 Å². The number of rotatable bonds is 2. The Balaban J connectivity index is 1.17. The third-order valence-corrected chi connectivity index (χ3v) is 14.1. The van der Waals surface area contributed by atoms with E-state index in [1.807, 2.05) is 19.1 Å². The molecule has 3 amide bonds. The lowest BCUT2D eigenvalue weighted by Gasteiger charge is -2.54. The van der Waals surface area contributed by atoms with Crippen LogP contribution in [0.2, 0.25) is 0 Å². The number of carbonyl (C=O) groups is 2. The highest BCUT2D eigenvalue weighted by atomic mass is 32.2. The maximum atomic E-state index is 14.5. The van der Waals surface area contributed by atoms with Crippen LogP contribution in [0.1, 0.15) is 72.5 Å². The molecule has 2 aliphatic carbocycles. The largest absolute Gasteiger partial charge is 0.490 e. The van der Waals surface area contributed by atoms with E-state index in [4.69, 9.17) is 14.2 Å². The van der Waals surface area contributed by atoms with Crippen LogP contribution in [0.5, 0.6) is 5.75 Å². The Morgan fingerprint density at radius 1 is 1.12 bits per heavy atom. The summed E-state index contributed by atoms with van der Waals surface area (Å²) in [6.45, 7) is 7.88. The highest BCUT2D eigenvalue weighted by Gasteiger charge is 2.51. The van der Waals surface area contributed by atoms with Crippen LogP contribution in [0, 0.1) is 24.7 Å². The Morgan fingerprint density at radius 2 is 1.96 bits per heavy atom. The molecule has 0 aromatic heterocycles. The number of hydrogen-bond acceptors (Lipinski definition) is 7. The second-order valence-electron chi connectivity index (χ2n) is 15.9. The third kappa shape index (κ3) is 6.23. The molecule has 10 nitrogen and oxygen atoms in total. The van der Waals surface area contributed by atoms with Crippen LogP contribution >= 0.6 is 0 Å². The molecule has 11 heteroatoms. The predicted octanol–water partition coefficient (Wildman–Crippen LogP) is 5.81. The van der Waals surface area contributed by atoms with E-state index in [1.165, 1.54) is 16.7 Å². The minimum Gasteiger partial charge on any atom is -0.490 e. The number of nitrogens with one attached hydrogen (secondary N) is 1. The number of hydrogen-bond donors (Lipinski definition) is 1. The van der Waals surface area contributed by atoms with Crippen molar-refractivity contribution in [2.75, 3.05) is 57.2 Å². The first-order chi connectivity index (χ1) is 24.1. The molecular formula is C39H50N4O6S. The summed E-state index contributed by atoms with van der Waals surface area (Å²) in [5.41, 5.74) is 4.78. The number of carbonyl (C=O) groups excluding carboxylic acids is 2. The molecule has 4 heterocycles. The number of aryl methyl sites for hydroxylation is 2. The summed E-state index contributed by atoms with van der Waals surface area (Å²) in [6.07, 6.45) is 11.2. The van der Waals surface area contributed by atoms with E-state index >= 15 is 0 Å². The Bertz CT molecular complexity index is 1820. The monoisotopic (exact) mass is 702 g/mol. The Kier molecular flexibility index (Phi) is 8.75. The number of allylic oxidation sites excluding steroid dienone is 1. The smallest absolute Gasteiger partial charge is 0.330 e. The minimum atomic E-state index is -3.46. The number of amides is 3. The zero-order valence-electron chi connectivity index (χ0n) is 29.5. The fraction of sp³-hybridized carbons (Fsp3) is 0.590. The summed E-state index contributed by atoms with van der Waals surface area (Å²) in [4.78, 5) is 31.3. The average Bonchev–Trinajstić information content (AvgIpc) is 3.17. The molecule has 1 unspecified atom stereocenters. The Morgan fingerprint density at radius 3 is 2.70 bits per heavy atom. The third-order valence-electron chi connectivity index (χ3n) is 12.2. The van der Waals surface area contributed by atoms with Crippen LogP contribution in [-0.4, -0.2) is 85.0 Å². The van der Waals surface area contributed by atoms with E-state index in [2.05, 4.69) is 51.3 Å². The minimum absolute atomic E-state index is 0.0296. The van der Waals surface area contributed by atoms with E-state index in [1.54, 1.807) is 18.1 Å². The number of ether oxygens (including phenoxy) is 3. The first-order valence-corrected chi connectivity index (χ1v) is 20.1. The van der Waals surface area contributed by atoms with Crippen LogP contribution in [0.15, 0.2) is 52.9 Å². The molecule has 0 radical (unpaired) electrons. The summed E-state index contributed by atoms with van der Waals surface area (Å²) in [6, 6.07) is 11.8. The van der Waals surface area contributed by atoms with Gasteiger partial charge in [-0.1, -0.05) is 42.8 Å². The van der Waals surface area contributed by atoms with Crippen LogP contribution in [0.4, 0.5) is 10.5 Å². The van der Waals surface area contributed by atoms with Crippen molar-refractivity contribution in [2.45, 2.75) is 75.9 Å². The van der Waals surface area contributed by atoms with Crippen LogP contribution in [-0.2, 0) is 31.2 Å². The van der Waals surface area contributed by atoms with Crippen LogP contribution in [0.3, 0.4) is 0 Å². The molecule has 3 fully saturated rings. The molecule has 6 aliphatic rings. The quantitative estimate of drug-likeness (QED) is 0.394. The Hall–Kier alpha value is -3.41. The van der Waals surface area contributed by atoms with E-state index < -0.39 is 21.9 Å². The SMILES string of the molecule is CO[C@H]1/C=C/C[C@H](C)CS(=O)(NC(=O)N2CC3(CCO3)C2)=NC(=O)c2ccc3c(c2)N(C[C@@H]2CC[C@H]21)C[C@@]1(CCCc2cc(C)ccc21)CO3. The maximum Gasteiger partial charge on any atom is 0.330 e. The van der Waals surface area contributed by atoms with Crippen LogP contribution in [0.25, 0.3) is 0 Å². The lowest BCUT2D eigenvalue weighted by molar-refractivity contribution is -0.208. The lowest BCUT2D eigenvalue weighted by Crippen LogP contribution is -2.70. The first-order valence-electron chi connectivity index (χ1n) is 18.4. The van der Waals surface area contributed by atoms with Crippen molar-refractivity contribution < 1.29 is 28.0 Å². The summed E-state index contributed by atoms with van der Waals surface area (Å²) >= 11 is 0. The highest BCUT2D eigenvalue weighted by Crippen LogP contribution is 2.47. The second-order valence-corrected chi connectivity index (χ2v) is 17.9. The number of urea groups is 1. The van der Waals surface area contributed by atoms with Gasteiger partial charge in [-0.25, -0.2) is 9.00 Å². The van der Waals surface area contributed by atoms with E-state index in [9.17, 15) is 13.8 Å². The summed E-state index contributed by atoms with van der Waals surface area (Å²) < 4.78 is 39.9. The normalized spacial score (nSPS) is 33.7. The molecule has 6 atom stereocenters. The standard InChI is InChI=1S/C39H50N4O6S/c1-26-9-13-32-28(18-26)7-5-15-38(32)22-42-20-30-10-12-31(30)34(47-3)8-4-6-27(2)21-50(46,41-37(45)43-23-39(24-43)16-17-49-39)40-36(44)29-11-14-35(48-25-38)33(42)19-29/h4,8-9,11,13-14,18-19,27,30-31,34H,5-7,10,12,15-17,20-25H2,1-3H3,(H,40,41,44,45,46)/b8-4+/t27-,30-,31+,34-,38-,50?/m0/s1. The van der Waals surface area contributed by atoms with Gasteiger partial charge in [-0.05, 0) is 92.5 Å². The van der Waals surface area contributed by atoms with Gasteiger partial charge >= 0.3 is 6.03 Å². The van der Waals surface area contributed by atoms with Gasteiger partial charge in [-0.15, -0.1) is 4.36 Å². The average molecular weight is 703 g/mol. The topological polar surface area (TPSA) is 110 Å². The summed E-state index contributed by atoms with van der Waals surface area (Å²) in [7, 11) is -1.67. The zero-order chi connectivity index (χ0) is 34.7. The first kappa shape index (κ1) is 33.7. The molecule has 8 rings (SSSR count). The summed E-state index contributed by atoms with van der Waals surface area (Å²) in [5, 5.41) is 0. The zero-order valence-corrected chi connectivity index (χ0v) is 30.3. The molecule has 2 aromatic rings. The van der Waals surface area contributed by atoms with Gasteiger partial charge in [0.15, 0.2) is 0 Å². The van der Waals surface area contributed by atoms with Gasteiger partial charge in [0, 0.05) is 37.6 Å². The number of nitrogens with zero attached hydrogens (tertiary/aromatic N) is 3. The lowest BCUT2D eigenvalue weighted by atomic mass is 9.68. The van der Waals surface area contributed by atoms with Crippen molar-refractivity contribution >= 4 is 27.5 Å². The van der Waals surface area contributed by atoms with Gasteiger partial charge in [-0.3, -0.25) is 9.52 Å². The molecule has 2 saturated heterocycles. The molecule has 268 valence electrons. The maximum absolute atomic E-state index is 14.5. The molecule has 1 N–H and O–H groups in total. The number of methoxy groups -OCH3 is 1. The molecule has 2 bridgehead atoms. The van der Waals surface area contributed by atoms with Crippen molar-refractivity contribution in [1.29, 1.82) is 0 Å². The molecule has 2 spiro atoms. The number of fused-ring (bicyclic) bond motifs is 4. The second kappa shape index (κ2) is 13.0. The van der Waals surface area contributed by atoms with Gasteiger partial charge in [-0.2, -0.15) is 0 Å². The van der Waals surface area contributed by atoms with Gasteiger partial charge in [0.25, 0.3) is 5.91 Å². The fourth-order valence-corrected chi connectivity index (χ4v) is 11.0. The van der Waals surface area contributed by atoms with E-state index in [-0.39, 0.29) is 28.8 Å². The molecular weight excluding hydrogens is 653 g/mol. The number of likely N-dealkylation sites (tertiary alicyclic amines) is 1. The predicted molar refractivity (Wildman–Crippen MR) is 193 cm³/mol. The molecule has 50 heavy (non-hydrogen) atoms. The number of benzene rings is 2. The number of anilines is 1. The fourth-order valence-electron chi connectivity index (χ4n) is 9.16. The van der Waals surface area contributed by atoms with Crippen molar-refractivity contribution in [2.24, 2.45) is 22.1 Å². The van der Waals surface area contributed by atoms with Crippen molar-refractivity contribution in [3.63, 3.8) is 0 Å². The van der Waals surface area contributed by atoms with Crippen molar-refractivity contribution in [1.82, 2.24) is 9.62 Å². The summed E-state index contributed by atoms with van der Waals surface area (Å²) in [5.74, 6) is 0.870. The van der Waals surface area contributed by atoms with Crippen molar-refractivity contribution in [3.05, 3.63) is 70.8 Å². The molecule has 1 saturated carbocycles. The molecule has 2 aromatic carbocycles. The van der Waals surface area contributed by atoms with Gasteiger partial charge in [0.05, 0.1) is 43.8 Å². The Labute approximate surface area is 296 Å².